The highest BCUT2D eigenvalue weighted by atomic mass is 16.6. The summed E-state index contributed by atoms with van der Waals surface area (Å²) in [6.45, 7) is 12.9. The number of hydrogen-bond donors (Lipinski definition) is 0. The molecule has 7 heteroatoms. The quantitative estimate of drug-likeness (QED) is 0.585. The molecule has 0 aliphatic carbocycles. The molecule has 1 fully saturated rings. The lowest BCUT2D eigenvalue weighted by atomic mass is 9.89. The molecule has 0 spiro atoms. The fraction of sp³-hybridized carbons (Fsp3) is 0.550. The molecule has 0 saturated carbocycles. The van der Waals surface area contributed by atoms with Gasteiger partial charge in [0.2, 0.25) is 0 Å². The van der Waals surface area contributed by atoms with Gasteiger partial charge in [-0.1, -0.05) is 12.1 Å². The predicted octanol–water partition coefficient (Wildman–Crippen LogP) is 3.14. The van der Waals surface area contributed by atoms with Gasteiger partial charge >= 0.3 is 18.8 Å². The minimum Gasteiger partial charge on any atom is -0.469 e. The van der Waals surface area contributed by atoms with Gasteiger partial charge in [-0.05, 0) is 50.8 Å². The minimum atomic E-state index is -0.593. The predicted molar refractivity (Wildman–Crippen MR) is 99.0 cm³/mol. The molecule has 7 nitrogen and oxygen atoms in total. The number of carbonyl (C=O) groups excluding carboxylic acids is 2. The summed E-state index contributed by atoms with van der Waals surface area (Å²) in [5.74, 6) is -0.206. The number of hydrogen-bond acceptors (Lipinski definition) is 5. The van der Waals surface area contributed by atoms with Gasteiger partial charge in [-0.3, -0.25) is 9.64 Å². The van der Waals surface area contributed by atoms with Crippen molar-refractivity contribution in [3.05, 3.63) is 41.2 Å². The fourth-order valence-electron chi connectivity index (χ4n) is 3.14. The third-order valence-electron chi connectivity index (χ3n) is 4.29. The van der Waals surface area contributed by atoms with Crippen molar-refractivity contribution < 1.29 is 23.8 Å². The Morgan fingerprint density at radius 2 is 2.04 bits per heavy atom. The second-order valence-corrected chi connectivity index (χ2v) is 7.56. The van der Waals surface area contributed by atoms with E-state index in [1.807, 2.05) is 39.0 Å². The molecule has 1 aromatic rings. The van der Waals surface area contributed by atoms with Crippen LogP contribution >= 0.6 is 0 Å². The van der Waals surface area contributed by atoms with E-state index in [9.17, 15) is 9.59 Å². The summed E-state index contributed by atoms with van der Waals surface area (Å²) < 4.78 is 15.7. The van der Waals surface area contributed by atoms with Crippen LogP contribution in [0.5, 0.6) is 5.75 Å². The van der Waals surface area contributed by atoms with Crippen LogP contribution in [0.25, 0.3) is 4.85 Å². The summed E-state index contributed by atoms with van der Waals surface area (Å²) >= 11 is 0. The van der Waals surface area contributed by atoms with Crippen molar-refractivity contribution in [1.29, 1.82) is 0 Å². The van der Waals surface area contributed by atoms with Crippen molar-refractivity contribution in [2.45, 2.75) is 32.8 Å². The first-order valence-corrected chi connectivity index (χ1v) is 8.84. The lowest BCUT2D eigenvalue weighted by Crippen LogP contribution is -2.36. The Labute approximate surface area is 160 Å². The van der Waals surface area contributed by atoms with Gasteiger partial charge in [0.15, 0.2) is 0 Å². The molecule has 0 bridgehead atoms. The van der Waals surface area contributed by atoms with Crippen LogP contribution in [0.3, 0.4) is 0 Å². The fourth-order valence-corrected chi connectivity index (χ4v) is 3.14. The minimum absolute atomic E-state index is 0.0376. The standard InChI is InChI=1S/C20H26N2O5/c1-20(2,3)27-19(24)22-11-15(17(12-22)18(23)25-5)9-14-7-6-8-16(10-14)26-13-21-4/h6-8,10,15,17H,9,11-13H2,1-3,5H3/t15?,17-/m0/s1. The van der Waals surface area contributed by atoms with Crippen molar-refractivity contribution in [3.63, 3.8) is 0 Å². The van der Waals surface area contributed by atoms with Gasteiger partial charge in [0, 0.05) is 13.1 Å². The molecule has 1 amide bonds. The van der Waals surface area contributed by atoms with Gasteiger partial charge in [0.1, 0.15) is 11.4 Å². The molecule has 27 heavy (non-hydrogen) atoms. The first-order chi connectivity index (χ1) is 12.7. The van der Waals surface area contributed by atoms with Gasteiger partial charge in [-0.15, -0.1) is 0 Å². The Kier molecular flexibility index (Phi) is 6.67. The van der Waals surface area contributed by atoms with E-state index in [2.05, 4.69) is 4.85 Å². The summed E-state index contributed by atoms with van der Waals surface area (Å²) in [7, 11) is 1.36. The third kappa shape index (κ3) is 5.88. The summed E-state index contributed by atoms with van der Waals surface area (Å²) in [5.41, 5.74) is 0.382. The van der Waals surface area contributed by atoms with Crippen molar-refractivity contribution in [2.75, 3.05) is 26.9 Å². The van der Waals surface area contributed by atoms with Gasteiger partial charge in [0.05, 0.1) is 13.0 Å². The molecule has 0 aromatic heterocycles. The first kappa shape index (κ1) is 20.6. The second kappa shape index (κ2) is 8.76. The number of methoxy groups -OCH3 is 1. The largest absolute Gasteiger partial charge is 0.469 e. The number of carbonyl (C=O) groups is 2. The molecule has 1 unspecified atom stereocenters. The molecule has 1 aliphatic heterocycles. The number of benzene rings is 1. The first-order valence-electron chi connectivity index (χ1n) is 8.84. The second-order valence-electron chi connectivity index (χ2n) is 7.56. The van der Waals surface area contributed by atoms with E-state index in [-0.39, 0.29) is 25.2 Å². The van der Waals surface area contributed by atoms with Crippen LogP contribution in [0.4, 0.5) is 4.79 Å². The highest BCUT2D eigenvalue weighted by molar-refractivity contribution is 5.76. The van der Waals surface area contributed by atoms with E-state index in [0.29, 0.717) is 18.7 Å². The molecule has 1 aliphatic rings. The zero-order chi connectivity index (χ0) is 20.0. The summed E-state index contributed by atoms with van der Waals surface area (Å²) in [6.07, 6.45) is 0.168. The van der Waals surface area contributed by atoms with E-state index in [0.717, 1.165) is 5.56 Å². The molecule has 2 rings (SSSR count). The Bertz CT molecular complexity index is 720. The van der Waals surface area contributed by atoms with Crippen molar-refractivity contribution >= 4 is 12.1 Å². The van der Waals surface area contributed by atoms with E-state index >= 15 is 0 Å². The smallest absolute Gasteiger partial charge is 0.410 e. The number of amides is 1. The van der Waals surface area contributed by atoms with Crippen LogP contribution in [0.1, 0.15) is 26.3 Å². The number of likely N-dealkylation sites (tertiary alicyclic amines) is 1. The van der Waals surface area contributed by atoms with Crippen LogP contribution < -0.4 is 4.74 Å². The summed E-state index contributed by atoms with van der Waals surface area (Å²) in [4.78, 5) is 29.4. The number of nitrogens with zero attached hydrogens (tertiary/aromatic N) is 2. The summed E-state index contributed by atoms with van der Waals surface area (Å²) in [5, 5.41) is 0. The average molecular weight is 374 g/mol. The van der Waals surface area contributed by atoms with Gasteiger partial charge in [0.25, 0.3) is 0 Å². The molecule has 2 atom stereocenters. The summed E-state index contributed by atoms with van der Waals surface area (Å²) in [6, 6.07) is 7.43. The lowest BCUT2D eigenvalue weighted by Gasteiger charge is -2.24. The number of rotatable bonds is 5. The van der Waals surface area contributed by atoms with Gasteiger partial charge in [-0.2, -0.15) is 0 Å². The molecule has 0 radical (unpaired) electrons. The molecule has 1 heterocycles. The van der Waals surface area contributed by atoms with Crippen LogP contribution in [0.2, 0.25) is 0 Å². The maximum atomic E-state index is 12.4. The maximum absolute atomic E-state index is 12.4. The highest BCUT2D eigenvalue weighted by Gasteiger charge is 2.41. The Morgan fingerprint density at radius 3 is 2.67 bits per heavy atom. The molecule has 0 N–H and O–H groups in total. The van der Waals surface area contributed by atoms with Crippen LogP contribution in [0.15, 0.2) is 24.3 Å². The van der Waals surface area contributed by atoms with Crippen molar-refractivity contribution in [3.8, 4) is 5.75 Å². The van der Waals surface area contributed by atoms with E-state index in [1.54, 1.807) is 11.0 Å². The van der Waals surface area contributed by atoms with Crippen LogP contribution in [0, 0.1) is 18.4 Å². The maximum Gasteiger partial charge on any atom is 0.410 e. The van der Waals surface area contributed by atoms with E-state index < -0.39 is 17.6 Å². The SMILES string of the molecule is [C-]#[N+]COc1cccc(CC2CN(C(=O)OC(C)(C)C)C[C@@H]2C(=O)OC)c1. The van der Waals surface area contributed by atoms with Crippen LogP contribution in [-0.2, 0) is 20.7 Å². The Hall–Kier alpha value is -2.75. The van der Waals surface area contributed by atoms with Crippen molar-refractivity contribution in [2.24, 2.45) is 11.8 Å². The zero-order valence-corrected chi connectivity index (χ0v) is 16.2. The van der Waals surface area contributed by atoms with Gasteiger partial charge < -0.3 is 19.1 Å². The highest BCUT2D eigenvalue weighted by Crippen LogP contribution is 2.30. The van der Waals surface area contributed by atoms with E-state index in [4.69, 9.17) is 20.8 Å². The molecular weight excluding hydrogens is 348 g/mol. The molecule has 1 saturated heterocycles. The number of esters is 1. The molecule has 1 aromatic carbocycles. The Balaban J connectivity index is 2.12. The van der Waals surface area contributed by atoms with Crippen molar-refractivity contribution in [1.82, 2.24) is 4.90 Å². The zero-order valence-electron chi connectivity index (χ0n) is 16.2. The van der Waals surface area contributed by atoms with Crippen LogP contribution in [-0.4, -0.2) is 49.5 Å². The van der Waals surface area contributed by atoms with E-state index in [1.165, 1.54) is 7.11 Å². The lowest BCUT2D eigenvalue weighted by molar-refractivity contribution is -0.146. The molecular formula is C20H26N2O5. The Morgan fingerprint density at radius 1 is 1.30 bits per heavy atom. The monoisotopic (exact) mass is 374 g/mol. The third-order valence-corrected chi connectivity index (χ3v) is 4.29. The van der Waals surface area contributed by atoms with Gasteiger partial charge in [-0.25, -0.2) is 11.4 Å². The average Bonchev–Trinajstić information content (AvgIpc) is 3.02. The molecule has 146 valence electrons. The normalized spacial score (nSPS) is 19.3. The topological polar surface area (TPSA) is 69.4 Å². The number of ether oxygens (including phenoxy) is 3.